The molecule has 0 aliphatic carbocycles. The topological polar surface area (TPSA) is 29.5 Å². The number of aliphatic hydroxyl groups excluding tert-OH is 1. The highest BCUT2D eigenvalue weighted by molar-refractivity contribution is 9.08. The van der Waals surface area contributed by atoms with Gasteiger partial charge in [-0.3, -0.25) is 0 Å². The van der Waals surface area contributed by atoms with Crippen LogP contribution in [0.3, 0.4) is 0 Å². The highest BCUT2D eigenvalue weighted by atomic mass is 79.9. The van der Waals surface area contributed by atoms with Crippen molar-refractivity contribution in [3.05, 3.63) is 29.3 Å². The Bertz CT molecular complexity index is 251. The summed E-state index contributed by atoms with van der Waals surface area (Å²) in [6.07, 6.45) is 0. The first-order valence-corrected chi connectivity index (χ1v) is 5.36. The molecule has 0 spiro atoms. The molecule has 2 nitrogen and oxygen atoms in total. The lowest BCUT2D eigenvalue weighted by atomic mass is 10.1. The summed E-state index contributed by atoms with van der Waals surface area (Å²) in [4.78, 5) is 0. The molecule has 0 aliphatic heterocycles. The van der Waals surface area contributed by atoms with Crippen LogP contribution in [0.25, 0.3) is 0 Å². The van der Waals surface area contributed by atoms with Gasteiger partial charge in [0.05, 0.1) is 13.2 Å². The fourth-order valence-corrected chi connectivity index (χ4v) is 1.64. The van der Waals surface area contributed by atoms with Gasteiger partial charge in [0.2, 0.25) is 0 Å². The Morgan fingerprint density at radius 2 is 2.08 bits per heavy atom. The SMILES string of the molecule is CCOc1c(CO)cccc1CBr. The summed E-state index contributed by atoms with van der Waals surface area (Å²) >= 11 is 3.38. The van der Waals surface area contributed by atoms with Gasteiger partial charge in [0.25, 0.3) is 0 Å². The lowest BCUT2D eigenvalue weighted by Gasteiger charge is -2.11. The van der Waals surface area contributed by atoms with Crippen molar-refractivity contribution in [2.75, 3.05) is 6.61 Å². The molecule has 0 aromatic heterocycles. The first-order valence-electron chi connectivity index (χ1n) is 4.23. The third-order valence-electron chi connectivity index (χ3n) is 1.78. The predicted octanol–water partition coefficient (Wildman–Crippen LogP) is 2.47. The molecule has 1 rings (SSSR count). The molecule has 13 heavy (non-hydrogen) atoms. The molecule has 0 aliphatic rings. The number of aliphatic hydroxyl groups is 1. The maximum Gasteiger partial charge on any atom is 0.128 e. The van der Waals surface area contributed by atoms with Gasteiger partial charge in [0, 0.05) is 16.5 Å². The minimum Gasteiger partial charge on any atom is -0.493 e. The van der Waals surface area contributed by atoms with E-state index < -0.39 is 0 Å². The van der Waals surface area contributed by atoms with Gasteiger partial charge in [-0.25, -0.2) is 0 Å². The largest absolute Gasteiger partial charge is 0.493 e. The molecule has 0 radical (unpaired) electrons. The second kappa shape index (κ2) is 5.25. The van der Waals surface area contributed by atoms with Crippen molar-refractivity contribution in [3.8, 4) is 5.75 Å². The molecule has 3 heteroatoms. The number of benzene rings is 1. The highest BCUT2D eigenvalue weighted by Crippen LogP contribution is 2.26. The number of alkyl halides is 1. The third kappa shape index (κ3) is 2.45. The van der Waals surface area contributed by atoms with Gasteiger partial charge in [-0.1, -0.05) is 34.1 Å². The zero-order valence-corrected chi connectivity index (χ0v) is 9.17. The van der Waals surface area contributed by atoms with Crippen LogP contribution in [0, 0.1) is 0 Å². The van der Waals surface area contributed by atoms with Gasteiger partial charge in [-0.15, -0.1) is 0 Å². The monoisotopic (exact) mass is 244 g/mol. The smallest absolute Gasteiger partial charge is 0.128 e. The van der Waals surface area contributed by atoms with E-state index in [1.807, 2.05) is 25.1 Å². The van der Waals surface area contributed by atoms with Gasteiger partial charge in [-0.05, 0) is 6.92 Å². The normalized spacial score (nSPS) is 10.1. The van der Waals surface area contributed by atoms with E-state index in [-0.39, 0.29) is 6.61 Å². The van der Waals surface area contributed by atoms with Crippen LogP contribution in [0.4, 0.5) is 0 Å². The second-order valence-electron chi connectivity index (χ2n) is 2.63. The van der Waals surface area contributed by atoms with E-state index in [2.05, 4.69) is 15.9 Å². The van der Waals surface area contributed by atoms with Crippen LogP contribution in [0.15, 0.2) is 18.2 Å². The zero-order chi connectivity index (χ0) is 9.68. The van der Waals surface area contributed by atoms with Crippen LogP contribution >= 0.6 is 15.9 Å². The van der Waals surface area contributed by atoms with Crippen LogP contribution < -0.4 is 4.74 Å². The van der Waals surface area contributed by atoms with Gasteiger partial charge < -0.3 is 9.84 Å². The number of hydrogen-bond donors (Lipinski definition) is 1. The predicted molar refractivity (Wildman–Crippen MR) is 56.2 cm³/mol. The fourth-order valence-electron chi connectivity index (χ4n) is 1.20. The molecule has 0 unspecified atom stereocenters. The molecule has 0 bridgehead atoms. The Kier molecular flexibility index (Phi) is 4.25. The van der Waals surface area contributed by atoms with Crippen molar-refractivity contribution in [3.63, 3.8) is 0 Å². The number of hydrogen-bond acceptors (Lipinski definition) is 2. The van der Waals surface area contributed by atoms with Crippen LogP contribution in [0.1, 0.15) is 18.1 Å². The van der Waals surface area contributed by atoms with Crippen LogP contribution in [0.2, 0.25) is 0 Å². The van der Waals surface area contributed by atoms with Crippen LogP contribution in [0.5, 0.6) is 5.75 Å². The third-order valence-corrected chi connectivity index (χ3v) is 2.39. The average molecular weight is 245 g/mol. The summed E-state index contributed by atoms with van der Waals surface area (Å²) in [5.41, 5.74) is 1.92. The van der Waals surface area contributed by atoms with Crippen molar-refractivity contribution < 1.29 is 9.84 Å². The molecule has 0 fully saturated rings. The van der Waals surface area contributed by atoms with E-state index in [0.717, 1.165) is 22.2 Å². The summed E-state index contributed by atoms with van der Waals surface area (Å²) in [7, 11) is 0. The minimum absolute atomic E-state index is 0.0240. The second-order valence-corrected chi connectivity index (χ2v) is 3.19. The summed E-state index contributed by atoms with van der Waals surface area (Å²) in [6, 6.07) is 5.78. The molecule has 0 saturated heterocycles. The van der Waals surface area contributed by atoms with E-state index in [1.54, 1.807) is 0 Å². The van der Waals surface area contributed by atoms with Gasteiger partial charge in [-0.2, -0.15) is 0 Å². The first kappa shape index (κ1) is 10.5. The summed E-state index contributed by atoms with van der Waals surface area (Å²) in [6.45, 7) is 2.58. The van der Waals surface area contributed by atoms with E-state index in [9.17, 15) is 0 Å². The van der Waals surface area contributed by atoms with Crippen molar-refractivity contribution in [2.45, 2.75) is 18.9 Å². The Morgan fingerprint density at radius 1 is 1.38 bits per heavy atom. The molecule has 0 atom stereocenters. The van der Waals surface area contributed by atoms with E-state index in [1.165, 1.54) is 0 Å². The van der Waals surface area contributed by atoms with E-state index in [4.69, 9.17) is 9.84 Å². The molecule has 0 amide bonds. The van der Waals surface area contributed by atoms with Crippen LogP contribution in [-0.4, -0.2) is 11.7 Å². The van der Waals surface area contributed by atoms with Gasteiger partial charge in [0.15, 0.2) is 0 Å². The Balaban J connectivity index is 3.05. The Morgan fingerprint density at radius 3 is 2.62 bits per heavy atom. The Hall–Kier alpha value is -0.540. The maximum atomic E-state index is 9.07. The standard InChI is InChI=1S/C10H13BrO2/c1-2-13-10-8(6-11)4-3-5-9(10)7-12/h3-5,12H,2,6-7H2,1H3. The summed E-state index contributed by atoms with van der Waals surface area (Å²) in [5, 5.41) is 9.82. The molecule has 72 valence electrons. The molecule has 0 saturated carbocycles. The minimum atomic E-state index is 0.0240. The average Bonchev–Trinajstić information content (AvgIpc) is 2.18. The summed E-state index contributed by atoms with van der Waals surface area (Å²) < 4.78 is 5.46. The first-order chi connectivity index (χ1) is 6.33. The van der Waals surface area contributed by atoms with Crippen molar-refractivity contribution in [1.82, 2.24) is 0 Å². The molecular weight excluding hydrogens is 232 g/mol. The zero-order valence-electron chi connectivity index (χ0n) is 7.59. The molecule has 1 N–H and O–H groups in total. The van der Waals surface area contributed by atoms with Crippen molar-refractivity contribution in [1.29, 1.82) is 0 Å². The van der Waals surface area contributed by atoms with Crippen molar-refractivity contribution >= 4 is 15.9 Å². The van der Waals surface area contributed by atoms with E-state index in [0.29, 0.717) is 6.61 Å². The highest BCUT2D eigenvalue weighted by Gasteiger charge is 2.06. The lowest BCUT2D eigenvalue weighted by molar-refractivity contribution is 0.266. The summed E-state index contributed by atoms with van der Waals surface area (Å²) in [5.74, 6) is 0.810. The van der Waals surface area contributed by atoms with E-state index >= 15 is 0 Å². The van der Waals surface area contributed by atoms with Crippen molar-refractivity contribution in [2.24, 2.45) is 0 Å². The Labute approximate surface area is 86.7 Å². The van der Waals surface area contributed by atoms with Gasteiger partial charge >= 0.3 is 0 Å². The lowest BCUT2D eigenvalue weighted by Crippen LogP contribution is -1.99. The molecule has 1 aromatic rings. The molecule has 0 heterocycles. The number of ether oxygens (including phenoxy) is 1. The fraction of sp³-hybridized carbons (Fsp3) is 0.400. The number of halogens is 1. The number of para-hydroxylation sites is 1. The molecular formula is C10H13BrO2. The van der Waals surface area contributed by atoms with Gasteiger partial charge in [0.1, 0.15) is 5.75 Å². The number of rotatable bonds is 4. The quantitative estimate of drug-likeness (QED) is 0.825. The van der Waals surface area contributed by atoms with Crippen LogP contribution in [-0.2, 0) is 11.9 Å². The maximum absolute atomic E-state index is 9.07. The molecule has 1 aromatic carbocycles.